The Morgan fingerprint density at radius 1 is 0.886 bits per heavy atom. The lowest BCUT2D eigenvalue weighted by Gasteiger charge is -2.15. The van der Waals surface area contributed by atoms with E-state index in [4.69, 9.17) is 0 Å². The summed E-state index contributed by atoms with van der Waals surface area (Å²) < 4.78 is 26.7. The first kappa shape index (κ1) is 24.0. The van der Waals surface area contributed by atoms with Crippen molar-refractivity contribution in [2.45, 2.75) is 24.3 Å². The Labute approximate surface area is 203 Å². The van der Waals surface area contributed by atoms with E-state index in [2.05, 4.69) is 25.7 Å². The molecule has 35 heavy (non-hydrogen) atoms. The van der Waals surface area contributed by atoms with Gasteiger partial charge >= 0.3 is 6.03 Å². The maximum Gasteiger partial charge on any atom is 0.323 e. The normalized spacial score (nSPS) is 15.5. The van der Waals surface area contributed by atoms with Crippen LogP contribution in [-0.4, -0.2) is 32.7 Å². The average molecular weight is 492 g/mol. The number of anilines is 2. The molecule has 0 spiro atoms. The lowest BCUT2D eigenvalue weighted by molar-refractivity contribution is -0.121. The van der Waals surface area contributed by atoms with Crippen LogP contribution in [0.1, 0.15) is 30.5 Å². The number of amides is 3. The summed E-state index contributed by atoms with van der Waals surface area (Å²) in [4.78, 5) is 28.9. The van der Waals surface area contributed by atoms with E-state index in [-0.39, 0.29) is 41.7 Å². The van der Waals surface area contributed by atoms with E-state index >= 15 is 0 Å². The molecule has 0 fully saturated rings. The molecule has 4 rings (SSSR count). The highest BCUT2D eigenvalue weighted by Gasteiger charge is 2.29. The first-order valence-corrected chi connectivity index (χ1v) is 12.5. The number of hydrogen-bond acceptors (Lipinski definition) is 5. The Morgan fingerprint density at radius 2 is 1.51 bits per heavy atom. The number of nitrogens with one attached hydrogen (secondary N) is 4. The van der Waals surface area contributed by atoms with Gasteiger partial charge in [0, 0.05) is 23.4 Å². The van der Waals surface area contributed by atoms with Crippen LogP contribution in [0.2, 0.25) is 0 Å². The molecule has 3 aromatic rings. The Kier molecular flexibility index (Phi) is 7.11. The number of para-hydroxylation sites is 1. The Hall–Kier alpha value is -4.18. The molecule has 3 aromatic carbocycles. The van der Waals surface area contributed by atoms with Crippen LogP contribution in [0, 0.1) is 0 Å². The molecule has 3 amide bonds. The molecule has 0 bridgehead atoms. The van der Waals surface area contributed by atoms with Crippen LogP contribution in [0.15, 0.2) is 88.8 Å². The number of fused-ring (bicyclic) bond motifs is 1. The SMILES string of the molecule is CC(NC(=O)CCN=C1NS(=O)(=O)c2ccccc21)c1ccc(NC(=O)Nc2ccccc2)cc1. The number of rotatable bonds is 7. The molecule has 10 heteroatoms. The Morgan fingerprint density at radius 3 is 2.23 bits per heavy atom. The fourth-order valence-corrected chi connectivity index (χ4v) is 4.84. The molecule has 0 aromatic heterocycles. The van der Waals surface area contributed by atoms with Gasteiger partial charge in [-0.05, 0) is 48.9 Å². The predicted molar refractivity (Wildman–Crippen MR) is 135 cm³/mol. The summed E-state index contributed by atoms with van der Waals surface area (Å²) in [5.74, 6) is 0.0428. The van der Waals surface area contributed by atoms with Crippen LogP contribution in [0.5, 0.6) is 0 Å². The zero-order valence-electron chi connectivity index (χ0n) is 19.0. The highest BCUT2D eigenvalue weighted by Crippen LogP contribution is 2.22. The molecule has 9 nitrogen and oxygen atoms in total. The lowest BCUT2D eigenvalue weighted by atomic mass is 10.1. The summed E-state index contributed by atoms with van der Waals surface area (Å²) in [5.41, 5.74) is 2.69. The third-order valence-corrected chi connectivity index (χ3v) is 6.75. The van der Waals surface area contributed by atoms with Crippen LogP contribution < -0.4 is 20.7 Å². The summed E-state index contributed by atoms with van der Waals surface area (Å²) in [6.07, 6.45) is 0.108. The van der Waals surface area contributed by atoms with E-state index in [1.807, 2.05) is 37.3 Å². The smallest absolute Gasteiger partial charge is 0.323 e. The molecular weight excluding hydrogens is 466 g/mol. The fraction of sp³-hybridized carbons (Fsp3) is 0.160. The van der Waals surface area contributed by atoms with E-state index in [0.29, 0.717) is 16.9 Å². The van der Waals surface area contributed by atoms with Crippen LogP contribution >= 0.6 is 0 Å². The minimum Gasteiger partial charge on any atom is -0.350 e. The van der Waals surface area contributed by atoms with Gasteiger partial charge in [-0.2, -0.15) is 0 Å². The summed E-state index contributed by atoms with van der Waals surface area (Å²) in [6, 6.07) is 22.3. The minimum absolute atomic E-state index is 0.108. The maximum atomic E-state index is 12.4. The number of carbonyl (C=O) groups is 2. The van der Waals surface area contributed by atoms with Crippen LogP contribution in [0.4, 0.5) is 16.2 Å². The van der Waals surface area contributed by atoms with Gasteiger partial charge in [-0.15, -0.1) is 0 Å². The molecule has 0 aliphatic carbocycles. The molecular formula is C25H25N5O4S. The average Bonchev–Trinajstić information content (AvgIpc) is 3.10. The molecule has 1 aliphatic rings. The molecule has 180 valence electrons. The van der Waals surface area contributed by atoms with Crippen molar-refractivity contribution in [3.05, 3.63) is 90.0 Å². The predicted octanol–water partition coefficient (Wildman–Crippen LogP) is 3.64. The van der Waals surface area contributed by atoms with E-state index in [9.17, 15) is 18.0 Å². The highest BCUT2D eigenvalue weighted by molar-refractivity contribution is 7.90. The largest absolute Gasteiger partial charge is 0.350 e. The molecule has 1 unspecified atom stereocenters. The van der Waals surface area contributed by atoms with E-state index in [1.165, 1.54) is 6.07 Å². The fourth-order valence-electron chi connectivity index (χ4n) is 3.59. The van der Waals surface area contributed by atoms with Gasteiger partial charge in [-0.3, -0.25) is 14.5 Å². The van der Waals surface area contributed by atoms with Gasteiger partial charge in [0.15, 0.2) is 0 Å². The monoisotopic (exact) mass is 491 g/mol. The van der Waals surface area contributed by atoms with E-state index < -0.39 is 10.0 Å². The number of sulfonamides is 1. The number of hydrogen-bond donors (Lipinski definition) is 4. The number of benzene rings is 3. The molecule has 4 N–H and O–H groups in total. The third-order valence-electron chi connectivity index (χ3n) is 5.35. The maximum absolute atomic E-state index is 12.4. The van der Waals surface area contributed by atoms with Crippen molar-refractivity contribution in [3.8, 4) is 0 Å². The molecule has 1 atom stereocenters. The number of amidine groups is 1. The van der Waals surface area contributed by atoms with Gasteiger partial charge < -0.3 is 16.0 Å². The number of nitrogens with zero attached hydrogens (tertiary/aromatic N) is 1. The van der Waals surface area contributed by atoms with Crippen LogP contribution in [-0.2, 0) is 14.8 Å². The molecule has 0 saturated heterocycles. The Bertz CT molecular complexity index is 1360. The molecule has 1 aliphatic heterocycles. The zero-order chi connectivity index (χ0) is 24.8. The van der Waals surface area contributed by atoms with Gasteiger partial charge in [0.2, 0.25) is 5.91 Å². The topological polar surface area (TPSA) is 129 Å². The number of carbonyl (C=O) groups excluding carboxylic acids is 2. The third kappa shape index (κ3) is 6.04. The van der Waals surface area contributed by atoms with Gasteiger partial charge in [-0.1, -0.05) is 42.5 Å². The number of urea groups is 1. The lowest BCUT2D eigenvalue weighted by Crippen LogP contribution is -2.27. The van der Waals surface area contributed by atoms with Gasteiger partial charge in [0.25, 0.3) is 10.0 Å². The standard InChI is InChI=1S/C25H25N5O4S/c1-17(18-11-13-20(14-12-18)29-25(32)28-19-7-3-2-4-8-19)27-23(31)15-16-26-24-21-9-5-6-10-22(21)35(33,34)30-24/h2-14,17H,15-16H2,1H3,(H,26,30)(H,27,31)(H2,28,29,32). The number of aliphatic imine (C=N–C) groups is 1. The first-order valence-electron chi connectivity index (χ1n) is 11.0. The second-order valence-corrected chi connectivity index (χ2v) is 9.59. The summed E-state index contributed by atoms with van der Waals surface area (Å²) in [5, 5.41) is 8.42. The second kappa shape index (κ2) is 10.4. The summed E-state index contributed by atoms with van der Waals surface area (Å²) in [6.45, 7) is 2.00. The van der Waals surface area contributed by atoms with Crippen molar-refractivity contribution in [3.63, 3.8) is 0 Å². The van der Waals surface area contributed by atoms with Crippen molar-refractivity contribution in [2.24, 2.45) is 4.99 Å². The second-order valence-electron chi connectivity index (χ2n) is 7.94. The van der Waals surface area contributed by atoms with Crippen molar-refractivity contribution in [2.75, 3.05) is 17.2 Å². The molecule has 1 heterocycles. The summed E-state index contributed by atoms with van der Waals surface area (Å²) in [7, 11) is -3.60. The van der Waals surface area contributed by atoms with E-state index in [1.54, 1.807) is 42.5 Å². The quantitative estimate of drug-likeness (QED) is 0.402. The van der Waals surface area contributed by atoms with Crippen molar-refractivity contribution in [1.82, 2.24) is 10.0 Å². The van der Waals surface area contributed by atoms with Crippen molar-refractivity contribution < 1.29 is 18.0 Å². The molecule has 0 radical (unpaired) electrons. The summed E-state index contributed by atoms with van der Waals surface area (Å²) >= 11 is 0. The van der Waals surface area contributed by atoms with Gasteiger partial charge in [0.05, 0.1) is 17.5 Å². The van der Waals surface area contributed by atoms with Crippen LogP contribution in [0.25, 0.3) is 0 Å². The van der Waals surface area contributed by atoms with E-state index in [0.717, 1.165) is 5.56 Å². The van der Waals surface area contributed by atoms with Gasteiger partial charge in [0.1, 0.15) is 5.84 Å². The van der Waals surface area contributed by atoms with Crippen molar-refractivity contribution >= 4 is 39.2 Å². The first-order chi connectivity index (χ1) is 16.8. The Balaban J connectivity index is 1.26. The van der Waals surface area contributed by atoms with Crippen molar-refractivity contribution in [1.29, 1.82) is 0 Å². The van der Waals surface area contributed by atoms with Gasteiger partial charge in [-0.25, -0.2) is 13.2 Å². The zero-order valence-corrected chi connectivity index (χ0v) is 19.8. The molecule has 0 saturated carbocycles. The minimum atomic E-state index is -3.60. The van der Waals surface area contributed by atoms with Crippen LogP contribution in [0.3, 0.4) is 0 Å². The highest BCUT2D eigenvalue weighted by atomic mass is 32.2.